The molecular weight excluding hydrogens is 302 g/mol. The number of ether oxygens (including phenoxy) is 1. The topological polar surface area (TPSA) is 44.8 Å². The van der Waals surface area contributed by atoms with Gasteiger partial charge in [-0.3, -0.25) is 4.79 Å². The van der Waals surface area contributed by atoms with E-state index in [0.29, 0.717) is 19.2 Å². The molecule has 1 aromatic rings. The van der Waals surface area contributed by atoms with Crippen molar-refractivity contribution in [2.75, 3.05) is 45.2 Å². The van der Waals surface area contributed by atoms with Gasteiger partial charge in [0.15, 0.2) is 0 Å². The first-order chi connectivity index (χ1) is 11.4. The van der Waals surface area contributed by atoms with Gasteiger partial charge >= 0.3 is 0 Å². The highest BCUT2D eigenvalue weighted by Gasteiger charge is 2.50. The van der Waals surface area contributed by atoms with Crippen molar-refractivity contribution in [2.24, 2.45) is 0 Å². The second-order valence-corrected chi connectivity index (χ2v) is 7.62. The summed E-state index contributed by atoms with van der Waals surface area (Å²) in [6.07, 6.45) is 0.424. The van der Waals surface area contributed by atoms with Crippen molar-refractivity contribution in [1.29, 1.82) is 0 Å². The molecule has 1 aromatic carbocycles. The Balaban J connectivity index is 1.71. The third-order valence-corrected chi connectivity index (χ3v) is 5.17. The van der Waals surface area contributed by atoms with Crippen molar-refractivity contribution in [3.8, 4) is 0 Å². The number of likely N-dealkylation sites (N-methyl/N-ethyl adjacent to an activating group) is 1. The lowest BCUT2D eigenvalue weighted by molar-refractivity contribution is -0.130. The molecule has 0 saturated carbocycles. The Kier molecular flexibility index (Phi) is 4.83. The van der Waals surface area contributed by atoms with E-state index >= 15 is 0 Å². The Morgan fingerprint density at radius 2 is 2.17 bits per heavy atom. The Hall–Kier alpha value is -1.59. The number of hydrogen-bond donors (Lipinski definition) is 1. The number of fused-ring (bicyclic) bond motifs is 2. The van der Waals surface area contributed by atoms with Gasteiger partial charge in [-0.15, -0.1) is 0 Å². The molecule has 2 atom stereocenters. The van der Waals surface area contributed by atoms with Gasteiger partial charge in [0.1, 0.15) is 6.10 Å². The summed E-state index contributed by atoms with van der Waals surface area (Å²) in [4.78, 5) is 16.9. The van der Waals surface area contributed by atoms with Crippen molar-refractivity contribution >= 4 is 11.6 Å². The number of anilines is 1. The maximum atomic E-state index is 12.4. The zero-order chi connectivity index (χ0) is 17.3. The third kappa shape index (κ3) is 3.15. The van der Waals surface area contributed by atoms with Crippen LogP contribution in [0, 0.1) is 0 Å². The lowest BCUT2D eigenvalue weighted by atomic mass is 9.80. The molecule has 3 rings (SSSR count). The fourth-order valence-corrected chi connectivity index (χ4v) is 3.85. The fourth-order valence-electron chi connectivity index (χ4n) is 3.85. The molecule has 1 N–H and O–H groups in total. The average molecular weight is 331 g/mol. The SMILES string of the molecule is CC(C)N1C[C@@]2(CO[C@H](C(=O)NCCN(C)C)C2)c2ccccc21. The van der Waals surface area contributed by atoms with Crippen molar-refractivity contribution in [3.63, 3.8) is 0 Å². The molecule has 5 heteroatoms. The fraction of sp³-hybridized carbons (Fsp3) is 0.632. The quantitative estimate of drug-likeness (QED) is 0.890. The van der Waals surface area contributed by atoms with Crippen LogP contribution < -0.4 is 10.2 Å². The summed E-state index contributed by atoms with van der Waals surface area (Å²) in [5.74, 6) is 0.0224. The number of carbonyl (C=O) groups excluding carboxylic acids is 1. The molecular formula is C19H29N3O2. The van der Waals surface area contributed by atoms with Crippen molar-refractivity contribution in [1.82, 2.24) is 10.2 Å². The van der Waals surface area contributed by atoms with Crippen LogP contribution in [0.5, 0.6) is 0 Å². The maximum Gasteiger partial charge on any atom is 0.249 e. The highest BCUT2D eigenvalue weighted by atomic mass is 16.5. The molecule has 0 unspecified atom stereocenters. The van der Waals surface area contributed by atoms with Crippen molar-refractivity contribution in [2.45, 2.75) is 37.8 Å². The lowest BCUT2D eigenvalue weighted by Crippen LogP contribution is -2.40. The van der Waals surface area contributed by atoms with Crippen LogP contribution in [0.3, 0.4) is 0 Å². The molecule has 0 bridgehead atoms. The predicted molar refractivity (Wildman–Crippen MR) is 96.5 cm³/mol. The smallest absolute Gasteiger partial charge is 0.249 e. The van der Waals surface area contributed by atoms with Gasteiger partial charge in [0.2, 0.25) is 5.91 Å². The van der Waals surface area contributed by atoms with Gasteiger partial charge in [-0.05, 0) is 46.0 Å². The highest BCUT2D eigenvalue weighted by molar-refractivity contribution is 5.81. The van der Waals surface area contributed by atoms with E-state index in [-0.39, 0.29) is 17.4 Å². The maximum absolute atomic E-state index is 12.4. The summed E-state index contributed by atoms with van der Waals surface area (Å²) < 4.78 is 5.94. The van der Waals surface area contributed by atoms with Crippen LogP contribution >= 0.6 is 0 Å². The molecule has 2 heterocycles. The first-order valence-corrected chi connectivity index (χ1v) is 8.83. The van der Waals surface area contributed by atoms with E-state index in [9.17, 15) is 4.79 Å². The molecule has 1 saturated heterocycles. The van der Waals surface area contributed by atoms with Crippen LogP contribution in [-0.4, -0.2) is 63.3 Å². The zero-order valence-corrected chi connectivity index (χ0v) is 15.2. The second-order valence-electron chi connectivity index (χ2n) is 7.62. The molecule has 0 aliphatic carbocycles. The van der Waals surface area contributed by atoms with E-state index in [1.165, 1.54) is 11.3 Å². The molecule has 5 nitrogen and oxygen atoms in total. The number of hydrogen-bond acceptors (Lipinski definition) is 4. The molecule has 1 fully saturated rings. The van der Waals surface area contributed by atoms with Crippen LogP contribution in [0.4, 0.5) is 5.69 Å². The number of carbonyl (C=O) groups is 1. The zero-order valence-electron chi connectivity index (χ0n) is 15.2. The molecule has 132 valence electrons. The second kappa shape index (κ2) is 6.73. The highest BCUT2D eigenvalue weighted by Crippen LogP contribution is 2.47. The summed E-state index contributed by atoms with van der Waals surface area (Å²) >= 11 is 0. The predicted octanol–water partition coefficient (Wildman–Crippen LogP) is 1.62. The molecule has 1 amide bonds. The van der Waals surface area contributed by atoms with Gasteiger partial charge in [0.25, 0.3) is 0 Å². The molecule has 1 spiro atoms. The van der Waals surface area contributed by atoms with Crippen molar-refractivity contribution < 1.29 is 9.53 Å². The summed E-state index contributed by atoms with van der Waals surface area (Å²) in [5, 5.41) is 3.00. The lowest BCUT2D eigenvalue weighted by Gasteiger charge is -2.27. The van der Waals surface area contributed by atoms with Gasteiger partial charge in [-0.25, -0.2) is 0 Å². The first kappa shape index (κ1) is 17.2. The minimum atomic E-state index is -0.340. The van der Waals surface area contributed by atoms with Crippen molar-refractivity contribution in [3.05, 3.63) is 29.8 Å². The number of nitrogens with zero attached hydrogens (tertiary/aromatic N) is 2. The standard InChI is InChI=1S/C19H29N3O2/c1-14(2)22-12-19(15-7-5-6-8-16(15)22)11-17(24-13-19)18(23)20-9-10-21(3)4/h5-8,14,17H,9-13H2,1-4H3,(H,20,23)/t17-,19-/m0/s1. The van der Waals surface area contributed by atoms with E-state index in [0.717, 1.165) is 19.5 Å². The van der Waals surface area contributed by atoms with Gasteiger partial charge in [0.05, 0.1) is 6.61 Å². The van der Waals surface area contributed by atoms with E-state index < -0.39 is 0 Å². The summed E-state index contributed by atoms with van der Waals surface area (Å²) in [6, 6.07) is 9.02. The van der Waals surface area contributed by atoms with Crippen LogP contribution in [0.15, 0.2) is 24.3 Å². The Morgan fingerprint density at radius 3 is 2.88 bits per heavy atom. The summed E-state index contributed by atoms with van der Waals surface area (Å²) in [5.41, 5.74) is 2.58. The minimum absolute atomic E-state index is 0.0224. The number of amides is 1. The van der Waals surface area contributed by atoms with Crippen LogP contribution in [-0.2, 0) is 14.9 Å². The van der Waals surface area contributed by atoms with E-state index in [1.54, 1.807) is 0 Å². The number of benzene rings is 1. The Morgan fingerprint density at radius 1 is 1.42 bits per heavy atom. The number of para-hydroxylation sites is 1. The average Bonchev–Trinajstić information content (AvgIpc) is 3.11. The molecule has 2 aliphatic rings. The summed E-state index contributed by atoms with van der Waals surface area (Å²) in [6.45, 7) is 7.50. The van der Waals surface area contributed by atoms with Crippen LogP contribution in [0.1, 0.15) is 25.8 Å². The Labute approximate surface area is 145 Å². The third-order valence-electron chi connectivity index (χ3n) is 5.17. The largest absolute Gasteiger partial charge is 0.368 e. The van der Waals surface area contributed by atoms with Crippen LogP contribution in [0.25, 0.3) is 0 Å². The molecule has 24 heavy (non-hydrogen) atoms. The number of nitrogens with one attached hydrogen (secondary N) is 1. The van der Waals surface area contributed by atoms with Gasteiger partial charge in [0, 0.05) is 36.8 Å². The minimum Gasteiger partial charge on any atom is -0.368 e. The van der Waals surface area contributed by atoms with Crippen LogP contribution in [0.2, 0.25) is 0 Å². The number of rotatable bonds is 5. The van der Waals surface area contributed by atoms with Gasteiger partial charge in [-0.2, -0.15) is 0 Å². The first-order valence-electron chi connectivity index (χ1n) is 8.83. The Bertz CT molecular complexity index is 602. The normalized spacial score (nSPS) is 25.8. The van der Waals surface area contributed by atoms with E-state index in [1.807, 2.05) is 14.1 Å². The van der Waals surface area contributed by atoms with E-state index in [4.69, 9.17) is 4.74 Å². The van der Waals surface area contributed by atoms with Gasteiger partial charge < -0.3 is 19.9 Å². The van der Waals surface area contributed by atoms with E-state index in [2.05, 4.69) is 53.2 Å². The molecule has 0 radical (unpaired) electrons. The monoisotopic (exact) mass is 331 g/mol. The molecule has 2 aliphatic heterocycles. The van der Waals surface area contributed by atoms with Gasteiger partial charge in [-0.1, -0.05) is 18.2 Å². The summed E-state index contributed by atoms with van der Waals surface area (Å²) in [7, 11) is 4.01. The molecule has 0 aromatic heterocycles.